The van der Waals surface area contributed by atoms with Crippen molar-refractivity contribution in [3.8, 4) is 0 Å². The second-order valence-electron chi connectivity index (χ2n) is 6.33. The predicted molar refractivity (Wildman–Crippen MR) is 101 cm³/mol. The fourth-order valence-corrected chi connectivity index (χ4v) is 4.26. The number of hydrogen-bond acceptors (Lipinski definition) is 4. The van der Waals surface area contributed by atoms with Crippen LogP contribution in [0.1, 0.15) is 35.8 Å². The molecule has 0 saturated heterocycles. The van der Waals surface area contributed by atoms with E-state index < -0.39 is 0 Å². The zero-order valence-electron chi connectivity index (χ0n) is 14.8. The molecule has 1 aliphatic carbocycles. The van der Waals surface area contributed by atoms with E-state index in [0.29, 0.717) is 12.3 Å². The van der Waals surface area contributed by atoms with Crippen molar-refractivity contribution in [2.24, 2.45) is 0 Å². The molecule has 6 heteroatoms. The summed E-state index contributed by atoms with van der Waals surface area (Å²) in [6.07, 6.45) is 5.07. The molecule has 0 bridgehead atoms. The van der Waals surface area contributed by atoms with E-state index >= 15 is 0 Å². The summed E-state index contributed by atoms with van der Waals surface area (Å²) >= 11 is 1.44. The molecule has 1 atom stereocenters. The van der Waals surface area contributed by atoms with Gasteiger partial charge in [-0.1, -0.05) is 42.1 Å². The lowest BCUT2D eigenvalue weighted by Crippen LogP contribution is -2.34. The molecule has 0 aliphatic heterocycles. The minimum Gasteiger partial charge on any atom is -0.338 e. The topological polar surface area (TPSA) is 51.0 Å². The number of rotatable bonds is 6. The van der Waals surface area contributed by atoms with Gasteiger partial charge in [-0.3, -0.25) is 4.79 Å². The van der Waals surface area contributed by atoms with E-state index in [1.54, 1.807) is 0 Å². The zero-order chi connectivity index (χ0) is 17.8. The molecule has 0 fully saturated rings. The van der Waals surface area contributed by atoms with Crippen molar-refractivity contribution < 1.29 is 4.79 Å². The average Bonchev–Trinajstić information content (AvgIpc) is 2.99. The van der Waals surface area contributed by atoms with Gasteiger partial charge in [0.05, 0.1) is 11.8 Å². The van der Waals surface area contributed by atoms with Crippen molar-refractivity contribution in [1.29, 1.82) is 0 Å². The number of thioether (sulfide) groups is 1. The second kappa shape index (κ2) is 7.87. The highest BCUT2D eigenvalue weighted by atomic mass is 32.2. The highest BCUT2D eigenvalue weighted by molar-refractivity contribution is 7.99. The number of aromatic nitrogens is 3. The average molecular weight is 356 g/mol. The number of allylic oxidation sites excluding steroid dienone is 1. The number of aryl methyl sites for hydroxylation is 2. The lowest BCUT2D eigenvalue weighted by Gasteiger charge is -2.33. The third kappa shape index (κ3) is 3.79. The first-order chi connectivity index (χ1) is 12.1. The first kappa shape index (κ1) is 17.7. The summed E-state index contributed by atoms with van der Waals surface area (Å²) in [7, 11) is 1.91. The molecule has 2 aromatic rings. The van der Waals surface area contributed by atoms with Crippen LogP contribution in [-0.2, 0) is 17.8 Å². The van der Waals surface area contributed by atoms with Gasteiger partial charge in [0.25, 0.3) is 0 Å². The summed E-state index contributed by atoms with van der Waals surface area (Å²) in [5, 5.41) is 9.04. The van der Waals surface area contributed by atoms with Gasteiger partial charge in [0.15, 0.2) is 5.16 Å². The van der Waals surface area contributed by atoms with Crippen LogP contribution in [0, 0.1) is 6.92 Å². The van der Waals surface area contributed by atoms with E-state index in [2.05, 4.69) is 41.0 Å². The van der Waals surface area contributed by atoms with Crippen molar-refractivity contribution in [3.05, 3.63) is 53.9 Å². The monoisotopic (exact) mass is 356 g/mol. The number of nitrogens with zero attached hydrogens (tertiary/aromatic N) is 4. The van der Waals surface area contributed by atoms with Crippen LogP contribution in [0.15, 0.2) is 42.1 Å². The molecule has 1 aliphatic rings. The summed E-state index contributed by atoms with van der Waals surface area (Å²) in [5.41, 5.74) is 2.66. The van der Waals surface area contributed by atoms with E-state index in [1.807, 2.05) is 29.5 Å². The smallest absolute Gasteiger partial charge is 0.233 e. The maximum absolute atomic E-state index is 12.7. The third-order valence-corrected chi connectivity index (χ3v) is 5.69. The molecule has 0 saturated carbocycles. The van der Waals surface area contributed by atoms with E-state index in [-0.39, 0.29) is 11.9 Å². The fraction of sp³-hybridized carbons (Fsp3) is 0.421. The highest BCUT2D eigenvalue weighted by Crippen LogP contribution is 2.33. The molecule has 3 rings (SSSR count). The fourth-order valence-electron chi connectivity index (χ4n) is 3.34. The Hall–Kier alpha value is -2.08. The van der Waals surface area contributed by atoms with Gasteiger partial charge in [0.2, 0.25) is 5.91 Å². The van der Waals surface area contributed by atoms with Crippen LogP contribution >= 0.6 is 11.8 Å². The van der Waals surface area contributed by atoms with Crippen molar-refractivity contribution in [2.75, 3.05) is 12.8 Å². The molecule has 1 amide bonds. The van der Waals surface area contributed by atoms with Crippen LogP contribution in [0.25, 0.3) is 0 Å². The molecule has 1 aromatic heterocycles. The Kier molecular flexibility index (Phi) is 5.58. The molecule has 1 unspecified atom stereocenters. The van der Waals surface area contributed by atoms with Crippen LogP contribution in [0.3, 0.4) is 0 Å². The number of carbonyl (C=O) groups excluding carboxylic acids is 1. The largest absolute Gasteiger partial charge is 0.338 e. The van der Waals surface area contributed by atoms with Crippen LogP contribution in [-0.4, -0.2) is 38.4 Å². The van der Waals surface area contributed by atoms with E-state index in [9.17, 15) is 4.79 Å². The number of amides is 1. The van der Waals surface area contributed by atoms with Crippen LogP contribution < -0.4 is 0 Å². The van der Waals surface area contributed by atoms with Gasteiger partial charge < -0.3 is 9.47 Å². The highest BCUT2D eigenvalue weighted by Gasteiger charge is 2.26. The number of fused-ring (bicyclic) bond motifs is 1. The van der Waals surface area contributed by atoms with Gasteiger partial charge >= 0.3 is 0 Å². The summed E-state index contributed by atoms with van der Waals surface area (Å²) in [6, 6.07) is 8.64. The minimum atomic E-state index is 0.123. The maximum Gasteiger partial charge on any atom is 0.233 e. The lowest BCUT2D eigenvalue weighted by molar-refractivity contribution is -0.129. The van der Waals surface area contributed by atoms with Gasteiger partial charge in [-0.2, -0.15) is 0 Å². The number of benzene rings is 1. The Morgan fingerprint density at radius 2 is 2.24 bits per heavy atom. The van der Waals surface area contributed by atoms with Gasteiger partial charge in [-0.25, -0.2) is 0 Å². The Morgan fingerprint density at radius 3 is 3.04 bits per heavy atom. The number of carbonyl (C=O) groups is 1. The molecule has 132 valence electrons. The molecule has 5 nitrogen and oxygen atoms in total. The minimum absolute atomic E-state index is 0.123. The van der Waals surface area contributed by atoms with Gasteiger partial charge in [0, 0.05) is 13.6 Å². The molecular weight excluding hydrogens is 332 g/mol. The molecule has 1 heterocycles. The lowest BCUT2D eigenvalue weighted by atomic mass is 9.87. The molecule has 0 spiro atoms. The van der Waals surface area contributed by atoms with Crippen LogP contribution in [0.2, 0.25) is 0 Å². The van der Waals surface area contributed by atoms with Crippen molar-refractivity contribution >= 4 is 17.7 Å². The van der Waals surface area contributed by atoms with Gasteiger partial charge in [-0.15, -0.1) is 16.8 Å². The summed E-state index contributed by atoms with van der Waals surface area (Å²) in [4.78, 5) is 14.6. The Morgan fingerprint density at radius 1 is 1.44 bits per heavy atom. The molecule has 0 radical (unpaired) electrons. The zero-order valence-corrected chi connectivity index (χ0v) is 15.6. The first-order valence-corrected chi connectivity index (χ1v) is 9.57. The number of hydrogen-bond donors (Lipinski definition) is 0. The Balaban J connectivity index is 1.67. The second-order valence-corrected chi connectivity index (χ2v) is 7.27. The van der Waals surface area contributed by atoms with E-state index in [4.69, 9.17) is 0 Å². The quantitative estimate of drug-likeness (QED) is 0.588. The molecular formula is C19H24N4OS. The predicted octanol–water partition coefficient (Wildman–Crippen LogP) is 3.40. The summed E-state index contributed by atoms with van der Waals surface area (Å²) in [6.45, 7) is 6.33. The first-order valence-electron chi connectivity index (χ1n) is 8.58. The Bertz CT molecular complexity index is 771. The van der Waals surface area contributed by atoms with E-state index in [1.165, 1.54) is 22.9 Å². The standard InChI is InChI=1S/C19H24N4OS/c1-4-12-23-14(2)20-21-19(23)25-13-18(24)22(3)17-11-7-9-15-8-5-6-10-16(15)17/h4-6,8,10,17H,1,7,9,11-13H2,2-3H3. The molecule has 0 N–H and O–H groups in total. The third-order valence-electron chi connectivity index (χ3n) is 4.74. The van der Waals surface area contributed by atoms with Crippen molar-refractivity contribution in [3.63, 3.8) is 0 Å². The normalized spacial score (nSPS) is 16.3. The Labute approximate surface area is 153 Å². The van der Waals surface area contributed by atoms with Crippen LogP contribution in [0.5, 0.6) is 0 Å². The van der Waals surface area contributed by atoms with Gasteiger partial charge in [0.1, 0.15) is 5.82 Å². The van der Waals surface area contributed by atoms with Gasteiger partial charge in [-0.05, 0) is 37.3 Å². The molecule has 1 aromatic carbocycles. The maximum atomic E-state index is 12.7. The van der Waals surface area contributed by atoms with Crippen molar-refractivity contribution in [2.45, 2.75) is 43.9 Å². The summed E-state index contributed by atoms with van der Waals surface area (Å²) < 4.78 is 1.97. The van der Waals surface area contributed by atoms with Crippen molar-refractivity contribution in [1.82, 2.24) is 19.7 Å². The van der Waals surface area contributed by atoms with Crippen LogP contribution in [0.4, 0.5) is 0 Å². The SMILES string of the molecule is C=CCn1c(C)nnc1SCC(=O)N(C)C1CCCc2ccccc21. The molecule has 25 heavy (non-hydrogen) atoms. The summed E-state index contributed by atoms with van der Waals surface area (Å²) in [5.74, 6) is 1.33. The van der Waals surface area contributed by atoms with E-state index in [0.717, 1.165) is 30.2 Å².